The number of hydrogen-bond donors (Lipinski definition) is 2. The van der Waals surface area contributed by atoms with Crippen molar-refractivity contribution < 1.29 is 19.5 Å². The number of carboxylic acids is 1. The van der Waals surface area contributed by atoms with Crippen LogP contribution in [0.15, 0.2) is 0 Å². The Morgan fingerprint density at radius 2 is 2.22 bits per heavy atom. The van der Waals surface area contributed by atoms with E-state index in [-0.39, 0.29) is 18.4 Å². The minimum absolute atomic E-state index is 0.00241. The number of rotatable bonds is 5. The van der Waals surface area contributed by atoms with Crippen LogP contribution in [0.3, 0.4) is 0 Å². The molecule has 1 saturated heterocycles. The van der Waals surface area contributed by atoms with E-state index in [0.29, 0.717) is 11.6 Å². The lowest BCUT2D eigenvalue weighted by Gasteiger charge is -2.27. The molecule has 7 heteroatoms. The van der Waals surface area contributed by atoms with Crippen LogP contribution >= 0.6 is 11.8 Å². The van der Waals surface area contributed by atoms with Gasteiger partial charge in [0.05, 0.1) is 11.6 Å². The summed E-state index contributed by atoms with van der Waals surface area (Å²) in [6.45, 7) is 1.48. The summed E-state index contributed by atoms with van der Waals surface area (Å²) < 4.78 is 0. The summed E-state index contributed by atoms with van der Waals surface area (Å²) in [4.78, 5) is 35.9. The molecule has 0 radical (unpaired) electrons. The van der Waals surface area contributed by atoms with Crippen molar-refractivity contribution in [2.24, 2.45) is 5.92 Å². The molecule has 2 N–H and O–H groups in total. The molecule has 0 aromatic heterocycles. The minimum atomic E-state index is -1.20. The quantitative estimate of drug-likeness (QED) is 0.729. The molecule has 6 nitrogen and oxygen atoms in total. The van der Waals surface area contributed by atoms with Gasteiger partial charge in [0.2, 0.25) is 11.8 Å². The molecular weight excluding hydrogens is 256 g/mol. The Morgan fingerprint density at radius 1 is 1.56 bits per heavy atom. The number of thioether (sulfide) groups is 1. The maximum Gasteiger partial charge on any atom is 0.329 e. The van der Waals surface area contributed by atoms with E-state index in [9.17, 15) is 19.5 Å². The fourth-order valence-corrected chi connectivity index (χ4v) is 2.94. The molecule has 2 aliphatic rings. The van der Waals surface area contributed by atoms with Gasteiger partial charge in [0.25, 0.3) is 0 Å². The van der Waals surface area contributed by atoms with Crippen LogP contribution in [0.2, 0.25) is 0 Å². The smallest absolute Gasteiger partial charge is 0.329 e. The van der Waals surface area contributed by atoms with Crippen LogP contribution in [0, 0.1) is 5.92 Å². The first-order valence-electron chi connectivity index (χ1n) is 5.83. The van der Waals surface area contributed by atoms with Gasteiger partial charge in [0.15, 0.2) is 0 Å². The molecule has 0 bridgehead atoms. The number of carbonyl (C=O) groups is 3. The first-order valence-corrected chi connectivity index (χ1v) is 6.99. The third-order valence-electron chi connectivity index (χ3n) is 3.40. The zero-order valence-electron chi connectivity index (χ0n) is 10.1. The van der Waals surface area contributed by atoms with Gasteiger partial charge in [-0.15, -0.1) is 11.8 Å². The fraction of sp³-hybridized carbons (Fsp3) is 0.727. The predicted octanol–water partition coefficient (Wildman–Crippen LogP) is -0.111. The molecule has 1 aliphatic carbocycles. The van der Waals surface area contributed by atoms with Gasteiger partial charge in [0.1, 0.15) is 12.1 Å². The molecule has 18 heavy (non-hydrogen) atoms. The Labute approximate surface area is 109 Å². The molecule has 2 fully saturated rings. The summed E-state index contributed by atoms with van der Waals surface area (Å²) in [5.41, 5.74) is -1.20. The number of hydrogen-bond acceptors (Lipinski definition) is 4. The number of aliphatic carboxylic acids is 1. The van der Waals surface area contributed by atoms with E-state index in [2.05, 4.69) is 5.32 Å². The van der Waals surface area contributed by atoms with Gasteiger partial charge in [-0.25, -0.2) is 4.79 Å². The van der Waals surface area contributed by atoms with Crippen LogP contribution in [-0.2, 0) is 14.4 Å². The molecule has 1 aliphatic heterocycles. The summed E-state index contributed by atoms with van der Waals surface area (Å²) >= 11 is 1.46. The van der Waals surface area contributed by atoms with Crippen molar-refractivity contribution in [3.05, 3.63) is 0 Å². The topological polar surface area (TPSA) is 86.7 Å². The lowest BCUT2D eigenvalue weighted by atomic mass is 9.96. The summed E-state index contributed by atoms with van der Waals surface area (Å²) in [5.74, 6) is -0.588. The second-order valence-electron chi connectivity index (χ2n) is 4.90. The van der Waals surface area contributed by atoms with E-state index >= 15 is 0 Å². The molecule has 2 rings (SSSR count). The van der Waals surface area contributed by atoms with Crippen LogP contribution < -0.4 is 5.32 Å². The molecule has 0 aromatic rings. The molecule has 1 atom stereocenters. The Morgan fingerprint density at radius 3 is 2.67 bits per heavy atom. The van der Waals surface area contributed by atoms with Gasteiger partial charge >= 0.3 is 5.97 Å². The Hall–Kier alpha value is -1.24. The van der Waals surface area contributed by atoms with Gasteiger partial charge in [0, 0.05) is 0 Å². The van der Waals surface area contributed by atoms with Crippen molar-refractivity contribution in [1.82, 2.24) is 10.2 Å². The molecule has 2 amide bonds. The average Bonchev–Trinajstić information content (AvgIpc) is 3.06. The Kier molecular flexibility index (Phi) is 3.52. The number of nitrogens with zero attached hydrogens (tertiary/aromatic N) is 1. The summed E-state index contributed by atoms with van der Waals surface area (Å²) in [7, 11) is 0. The van der Waals surface area contributed by atoms with Gasteiger partial charge in [-0.05, 0) is 25.7 Å². The summed E-state index contributed by atoms with van der Waals surface area (Å²) in [5, 5.41) is 11.8. The maximum atomic E-state index is 11.8. The van der Waals surface area contributed by atoms with Crippen molar-refractivity contribution in [2.75, 3.05) is 18.2 Å². The first-order chi connectivity index (χ1) is 8.43. The SMILES string of the molecule is CC(NC(=O)CN1CSCC1=O)(C(=O)O)C1CC1. The van der Waals surface area contributed by atoms with E-state index in [1.807, 2.05) is 0 Å². The highest BCUT2D eigenvalue weighted by atomic mass is 32.2. The third kappa shape index (κ3) is 2.60. The fourth-order valence-electron chi connectivity index (χ4n) is 2.03. The van der Waals surface area contributed by atoms with Crippen LogP contribution in [0.5, 0.6) is 0 Å². The number of amides is 2. The average molecular weight is 272 g/mol. The van der Waals surface area contributed by atoms with Crippen molar-refractivity contribution >= 4 is 29.5 Å². The highest BCUT2D eigenvalue weighted by molar-refractivity contribution is 8.00. The largest absolute Gasteiger partial charge is 0.480 e. The zero-order chi connectivity index (χ0) is 13.3. The molecule has 1 unspecified atom stereocenters. The lowest BCUT2D eigenvalue weighted by Crippen LogP contribution is -2.56. The Bertz CT molecular complexity index is 397. The van der Waals surface area contributed by atoms with Crippen LogP contribution in [0.4, 0.5) is 0 Å². The second kappa shape index (κ2) is 4.79. The standard InChI is InChI=1S/C11H16N2O4S/c1-11(10(16)17,7-2-3-7)12-8(14)4-13-6-18-5-9(13)15/h7H,2-6H2,1H3,(H,12,14)(H,16,17). The zero-order valence-corrected chi connectivity index (χ0v) is 11.0. The van der Waals surface area contributed by atoms with Crippen molar-refractivity contribution in [3.8, 4) is 0 Å². The number of nitrogens with one attached hydrogen (secondary N) is 1. The number of carbonyl (C=O) groups excluding carboxylic acids is 2. The van der Waals surface area contributed by atoms with Gasteiger partial charge in [-0.2, -0.15) is 0 Å². The maximum absolute atomic E-state index is 11.8. The van der Waals surface area contributed by atoms with Crippen molar-refractivity contribution in [2.45, 2.75) is 25.3 Å². The second-order valence-corrected chi connectivity index (χ2v) is 5.85. The van der Waals surface area contributed by atoms with E-state index in [1.54, 1.807) is 0 Å². The van der Waals surface area contributed by atoms with Crippen molar-refractivity contribution in [1.29, 1.82) is 0 Å². The van der Waals surface area contributed by atoms with Crippen LogP contribution in [0.1, 0.15) is 19.8 Å². The molecule has 0 aromatic carbocycles. The number of carboxylic acid groups (broad SMARTS) is 1. The predicted molar refractivity (Wildman–Crippen MR) is 65.9 cm³/mol. The van der Waals surface area contributed by atoms with E-state index in [1.165, 1.54) is 23.6 Å². The molecule has 1 saturated carbocycles. The van der Waals surface area contributed by atoms with Crippen LogP contribution in [0.25, 0.3) is 0 Å². The molecule has 1 heterocycles. The highest BCUT2D eigenvalue weighted by Gasteiger charge is 2.48. The van der Waals surface area contributed by atoms with E-state index in [0.717, 1.165) is 12.8 Å². The van der Waals surface area contributed by atoms with Gasteiger partial charge in [-0.3, -0.25) is 9.59 Å². The molecule has 100 valence electrons. The Balaban J connectivity index is 1.93. The van der Waals surface area contributed by atoms with Crippen LogP contribution in [-0.4, -0.2) is 51.5 Å². The molecule has 0 spiro atoms. The summed E-state index contributed by atoms with van der Waals surface area (Å²) in [6.07, 6.45) is 1.64. The lowest BCUT2D eigenvalue weighted by molar-refractivity contribution is -0.148. The van der Waals surface area contributed by atoms with E-state index in [4.69, 9.17) is 0 Å². The molecular formula is C11H16N2O4S. The van der Waals surface area contributed by atoms with E-state index < -0.39 is 17.4 Å². The van der Waals surface area contributed by atoms with Gasteiger partial charge < -0.3 is 15.3 Å². The summed E-state index contributed by atoms with van der Waals surface area (Å²) in [6, 6.07) is 0. The normalized spacial score (nSPS) is 22.7. The van der Waals surface area contributed by atoms with Gasteiger partial charge in [-0.1, -0.05) is 0 Å². The first kappa shape index (κ1) is 13.2. The van der Waals surface area contributed by atoms with Crippen molar-refractivity contribution in [3.63, 3.8) is 0 Å². The minimum Gasteiger partial charge on any atom is -0.480 e. The third-order valence-corrected chi connectivity index (χ3v) is 4.34. The monoisotopic (exact) mass is 272 g/mol. The highest BCUT2D eigenvalue weighted by Crippen LogP contribution is 2.39.